The van der Waals surface area contributed by atoms with Crippen LogP contribution >= 0.6 is 0 Å². The molecule has 1 amide bonds. The van der Waals surface area contributed by atoms with Gasteiger partial charge in [-0.3, -0.25) is 4.79 Å². The first kappa shape index (κ1) is 17.5. The van der Waals surface area contributed by atoms with Crippen molar-refractivity contribution in [2.45, 2.75) is 39.2 Å². The molecule has 8 nitrogen and oxygen atoms in total. The lowest BCUT2D eigenvalue weighted by Gasteiger charge is -2.09. The number of hydrogen-bond donors (Lipinski definition) is 1. The molecular weight excluding hydrogens is 366 g/mol. The Kier molecular flexibility index (Phi) is 4.31. The second-order valence-electron chi connectivity index (χ2n) is 7.29. The molecule has 0 fully saturated rings. The number of anilines is 1. The van der Waals surface area contributed by atoms with E-state index in [4.69, 9.17) is 0 Å². The van der Waals surface area contributed by atoms with Crippen LogP contribution in [0.3, 0.4) is 0 Å². The van der Waals surface area contributed by atoms with E-state index in [9.17, 15) is 4.79 Å². The van der Waals surface area contributed by atoms with Crippen molar-refractivity contribution in [3.63, 3.8) is 0 Å². The van der Waals surface area contributed by atoms with Gasteiger partial charge in [-0.1, -0.05) is 18.6 Å². The fraction of sp³-hybridized carbons (Fsp3) is 0.286. The molecule has 1 aliphatic heterocycles. The quantitative estimate of drug-likeness (QED) is 0.583. The lowest BCUT2D eigenvalue weighted by Crippen LogP contribution is -2.13. The van der Waals surface area contributed by atoms with E-state index >= 15 is 0 Å². The molecule has 0 aliphatic carbocycles. The van der Waals surface area contributed by atoms with Gasteiger partial charge < -0.3 is 9.88 Å². The summed E-state index contributed by atoms with van der Waals surface area (Å²) in [5.41, 5.74) is 3.31. The molecule has 3 aromatic heterocycles. The first-order valence-electron chi connectivity index (χ1n) is 9.84. The largest absolute Gasteiger partial charge is 0.322 e. The highest BCUT2D eigenvalue weighted by molar-refractivity contribution is 6.09. The zero-order valence-corrected chi connectivity index (χ0v) is 16.2. The van der Waals surface area contributed by atoms with Gasteiger partial charge in [0.1, 0.15) is 11.4 Å². The number of benzene rings is 1. The Bertz CT molecular complexity index is 1210. The van der Waals surface area contributed by atoms with E-state index in [0.717, 1.165) is 43.0 Å². The highest BCUT2D eigenvalue weighted by Crippen LogP contribution is 2.25. The van der Waals surface area contributed by atoms with E-state index < -0.39 is 0 Å². The Morgan fingerprint density at radius 1 is 1.14 bits per heavy atom. The van der Waals surface area contributed by atoms with Crippen LogP contribution in [-0.2, 0) is 13.0 Å². The number of nitrogens with one attached hydrogen (secondary N) is 1. The van der Waals surface area contributed by atoms with E-state index in [1.807, 2.05) is 31.2 Å². The normalized spacial score (nSPS) is 13.8. The maximum atomic E-state index is 12.9. The fourth-order valence-corrected chi connectivity index (χ4v) is 3.89. The third-order valence-corrected chi connectivity index (χ3v) is 5.29. The highest BCUT2D eigenvalue weighted by atomic mass is 16.1. The number of rotatable bonds is 3. The van der Waals surface area contributed by atoms with Gasteiger partial charge in [-0.05, 0) is 38.0 Å². The van der Waals surface area contributed by atoms with Crippen molar-refractivity contribution in [2.24, 2.45) is 0 Å². The third kappa shape index (κ3) is 3.16. The third-order valence-electron chi connectivity index (χ3n) is 5.29. The molecule has 4 aromatic rings. The summed E-state index contributed by atoms with van der Waals surface area (Å²) in [5, 5.41) is 16.1. The summed E-state index contributed by atoms with van der Waals surface area (Å²) in [6.07, 6.45) is 7.90. The molecule has 1 N–H and O–H groups in total. The lowest BCUT2D eigenvalue weighted by atomic mass is 10.1. The van der Waals surface area contributed by atoms with Crippen molar-refractivity contribution in [3.05, 3.63) is 59.8 Å². The number of aryl methyl sites for hydroxylation is 2. The van der Waals surface area contributed by atoms with E-state index in [1.165, 1.54) is 6.42 Å². The van der Waals surface area contributed by atoms with Crippen LogP contribution in [-0.4, -0.2) is 35.3 Å². The van der Waals surface area contributed by atoms with Gasteiger partial charge in [0, 0.05) is 36.6 Å². The van der Waals surface area contributed by atoms with Crippen molar-refractivity contribution < 1.29 is 4.79 Å². The number of carbonyl (C=O) groups excluding carboxylic acids is 1. The molecule has 4 heterocycles. The molecule has 0 saturated carbocycles. The zero-order chi connectivity index (χ0) is 19.8. The molecular formula is C21H21N7O. The number of nitrogens with zero attached hydrogens (tertiary/aromatic N) is 6. The van der Waals surface area contributed by atoms with Crippen LogP contribution in [0.4, 0.5) is 5.69 Å². The average Bonchev–Trinajstić information content (AvgIpc) is 3.19. The average molecular weight is 387 g/mol. The number of fused-ring (bicyclic) bond motifs is 2. The standard InChI is InChI=1S/C21H21N7O/c1-14-18(20-22-10-6-12-28(20)26-14)21(29)23-16-8-5-7-15(13-16)19-25-24-17-9-3-2-4-11-27(17)19/h5-8,10,12-13H,2-4,9,11H2,1H3,(H,23,29). The molecule has 0 bridgehead atoms. The molecule has 0 atom stereocenters. The monoisotopic (exact) mass is 387 g/mol. The van der Waals surface area contributed by atoms with Gasteiger partial charge in [0.05, 0.1) is 5.69 Å². The summed E-state index contributed by atoms with van der Waals surface area (Å²) in [5.74, 6) is 1.67. The molecule has 0 saturated heterocycles. The Morgan fingerprint density at radius 3 is 3.00 bits per heavy atom. The Morgan fingerprint density at radius 2 is 2.07 bits per heavy atom. The SMILES string of the molecule is Cc1nn2cccnc2c1C(=O)Nc1cccc(-c2nnc3n2CCCCC3)c1. The van der Waals surface area contributed by atoms with Gasteiger partial charge >= 0.3 is 0 Å². The molecule has 5 rings (SSSR count). The zero-order valence-electron chi connectivity index (χ0n) is 16.2. The van der Waals surface area contributed by atoms with Gasteiger partial charge in [-0.2, -0.15) is 5.10 Å². The van der Waals surface area contributed by atoms with Crippen molar-refractivity contribution in [3.8, 4) is 11.4 Å². The molecule has 0 unspecified atom stereocenters. The van der Waals surface area contributed by atoms with Crippen LogP contribution in [0.5, 0.6) is 0 Å². The summed E-state index contributed by atoms with van der Waals surface area (Å²) in [6.45, 7) is 2.74. The van der Waals surface area contributed by atoms with Crippen molar-refractivity contribution in [1.29, 1.82) is 0 Å². The summed E-state index contributed by atoms with van der Waals surface area (Å²) >= 11 is 0. The summed E-state index contributed by atoms with van der Waals surface area (Å²) in [4.78, 5) is 17.2. The summed E-state index contributed by atoms with van der Waals surface area (Å²) in [6, 6.07) is 9.51. The number of carbonyl (C=O) groups is 1. The minimum atomic E-state index is -0.228. The second kappa shape index (κ2) is 7.12. The predicted molar refractivity (Wildman–Crippen MR) is 109 cm³/mol. The fourth-order valence-electron chi connectivity index (χ4n) is 3.89. The highest BCUT2D eigenvalue weighted by Gasteiger charge is 2.19. The topological polar surface area (TPSA) is 90.0 Å². The van der Waals surface area contributed by atoms with Crippen LogP contribution in [0.2, 0.25) is 0 Å². The summed E-state index contributed by atoms with van der Waals surface area (Å²) in [7, 11) is 0. The summed E-state index contributed by atoms with van der Waals surface area (Å²) < 4.78 is 3.82. The van der Waals surface area contributed by atoms with Crippen LogP contribution in [0.25, 0.3) is 17.0 Å². The van der Waals surface area contributed by atoms with E-state index in [2.05, 4.69) is 30.2 Å². The second-order valence-corrected chi connectivity index (χ2v) is 7.29. The minimum Gasteiger partial charge on any atom is -0.322 e. The van der Waals surface area contributed by atoms with Gasteiger partial charge in [-0.25, -0.2) is 9.50 Å². The molecule has 146 valence electrons. The smallest absolute Gasteiger partial charge is 0.261 e. The van der Waals surface area contributed by atoms with Gasteiger partial charge in [0.25, 0.3) is 5.91 Å². The lowest BCUT2D eigenvalue weighted by molar-refractivity contribution is 0.102. The van der Waals surface area contributed by atoms with Crippen molar-refractivity contribution in [1.82, 2.24) is 29.4 Å². The molecule has 8 heteroatoms. The first-order chi connectivity index (χ1) is 14.2. The van der Waals surface area contributed by atoms with Crippen LogP contribution in [0, 0.1) is 6.92 Å². The molecule has 0 spiro atoms. The van der Waals surface area contributed by atoms with E-state index in [0.29, 0.717) is 22.6 Å². The molecule has 1 aliphatic rings. The maximum absolute atomic E-state index is 12.9. The number of hydrogen-bond acceptors (Lipinski definition) is 5. The van der Waals surface area contributed by atoms with Gasteiger partial charge in [0.15, 0.2) is 11.5 Å². The predicted octanol–water partition coefficient (Wildman–Crippen LogP) is 3.27. The van der Waals surface area contributed by atoms with Crippen LogP contribution in [0.1, 0.15) is 41.1 Å². The van der Waals surface area contributed by atoms with Crippen LogP contribution < -0.4 is 5.32 Å². The van der Waals surface area contributed by atoms with Gasteiger partial charge in [-0.15, -0.1) is 10.2 Å². The maximum Gasteiger partial charge on any atom is 0.261 e. The van der Waals surface area contributed by atoms with Gasteiger partial charge in [0.2, 0.25) is 0 Å². The van der Waals surface area contributed by atoms with E-state index in [-0.39, 0.29) is 5.91 Å². The molecule has 1 aromatic carbocycles. The van der Waals surface area contributed by atoms with Crippen molar-refractivity contribution >= 4 is 17.2 Å². The number of amides is 1. The molecule has 29 heavy (non-hydrogen) atoms. The van der Waals surface area contributed by atoms with Crippen molar-refractivity contribution in [2.75, 3.05) is 5.32 Å². The molecule has 0 radical (unpaired) electrons. The Labute approximate surface area is 167 Å². The first-order valence-corrected chi connectivity index (χ1v) is 9.84. The Hall–Kier alpha value is -3.55. The van der Waals surface area contributed by atoms with Crippen LogP contribution in [0.15, 0.2) is 42.7 Å². The minimum absolute atomic E-state index is 0.228. The Balaban J connectivity index is 1.46. The number of aromatic nitrogens is 6. The van der Waals surface area contributed by atoms with E-state index in [1.54, 1.807) is 23.0 Å².